The van der Waals surface area contributed by atoms with Gasteiger partial charge in [0.15, 0.2) is 11.5 Å². The number of aliphatic hydroxyl groups is 1. The summed E-state index contributed by atoms with van der Waals surface area (Å²) in [5.41, 5.74) is 1.15. The number of carbonyl (C=O) groups is 2. The third-order valence-corrected chi connectivity index (χ3v) is 6.38. The van der Waals surface area contributed by atoms with Crippen LogP contribution in [-0.4, -0.2) is 79.9 Å². The summed E-state index contributed by atoms with van der Waals surface area (Å²) in [4.78, 5) is 30.1. The Morgan fingerprint density at radius 1 is 1.03 bits per heavy atom. The summed E-state index contributed by atoms with van der Waals surface area (Å²) in [6.45, 7) is 3.88. The Morgan fingerprint density at radius 2 is 1.76 bits per heavy atom. The van der Waals surface area contributed by atoms with Gasteiger partial charge in [0.05, 0.1) is 31.9 Å². The molecular formula is C25H26N2O7. The van der Waals surface area contributed by atoms with Gasteiger partial charge in [-0.3, -0.25) is 14.5 Å². The number of ketones is 1. The zero-order valence-corrected chi connectivity index (χ0v) is 18.9. The number of likely N-dealkylation sites (tertiary alicyclic amines) is 1. The lowest BCUT2D eigenvalue weighted by Gasteiger charge is -2.31. The molecule has 2 aromatic carbocycles. The number of nitrogens with zero attached hydrogens (tertiary/aromatic N) is 2. The number of morpholine rings is 1. The quantitative estimate of drug-likeness (QED) is 0.393. The molecule has 0 aliphatic carbocycles. The fourth-order valence-electron chi connectivity index (χ4n) is 4.52. The molecule has 34 heavy (non-hydrogen) atoms. The first-order chi connectivity index (χ1) is 16.6. The number of hydrogen-bond acceptors (Lipinski definition) is 8. The lowest BCUT2D eigenvalue weighted by molar-refractivity contribution is -0.140. The van der Waals surface area contributed by atoms with E-state index in [4.69, 9.17) is 18.9 Å². The Balaban J connectivity index is 1.53. The largest absolute Gasteiger partial charge is 0.507 e. The first kappa shape index (κ1) is 22.2. The molecule has 2 aromatic rings. The maximum Gasteiger partial charge on any atom is 0.295 e. The SMILES string of the molecule is COc1ccc(C2C(=C(O)c3ccc4c(c3)OCO4)C(=O)C(=O)N2CCN2CCOCC2)cc1. The Labute approximate surface area is 197 Å². The Bertz CT molecular complexity index is 1120. The van der Waals surface area contributed by atoms with Crippen molar-refractivity contribution in [3.8, 4) is 17.2 Å². The van der Waals surface area contributed by atoms with Crippen molar-refractivity contribution in [2.24, 2.45) is 0 Å². The molecule has 9 heteroatoms. The average Bonchev–Trinajstić information content (AvgIpc) is 3.45. The summed E-state index contributed by atoms with van der Waals surface area (Å²) in [6.07, 6.45) is 0. The van der Waals surface area contributed by atoms with E-state index in [1.54, 1.807) is 37.4 Å². The number of Topliss-reactive ketones (excluding diaryl/α,β-unsaturated/α-hetero) is 1. The molecule has 2 saturated heterocycles. The second kappa shape index (κ2) is 9.36. The summed E-state index contributed by atoms with van der Waals surface area (Å²) in [5.74, 6) is 0.117. The van der Waals surface area contributed by atoms with Gasteiger partial charge < -0.3 is 29.0 Å². The first-order valence-electron chi connectivity index (χ1n) is 11.2. The Hall–Kier alpha value is -3.56. The van der Waals surface area contributed by atoms with Crippen molar-refractivity contribution in [3.63, 3.8) is 0 Å². The number of hydrogen-bond donors (Lipinski definition) is 1. The molecule has 3 aliphatic rings. The molecular weight excluding hydrogens is 440 g/mol. The highest BCUT2D eigenvalue weighted by atomic mass is 16.7. The van der Waals surface area contributed by atoms with Gasteiger partial charge in [-0.1, -0.05) is 12.1 Å². The number of amides is 1. The van der Waals surface area contributed by atoms with Crippen LogP contribution in [0.5, 0.6) is 17.2 Å². The van der Waals surface area contributed by atoms with Gasteiger partial charge in [-0.25, -0.2) is 0 Å². The van der Waals surface area contributed by atoms with E-state index in [9.17, 15) is 14.7 Å². The van der Waals surface area contributed by atoms with Gasteiger partial charge in [0.1, 0.15) is 11.5 Å². The molecule has 3 heterocycles. The molecule has 5 rings (SSSR count). The first-order valence-corrected chi connectivity index (χ1v) is 11.2. The molecule has 1 atom stereocenters. The predicted octanol–water partition coefficient (Wildman–Crippen LogP) is 2.18. The van der Waals surface area contributed by atoms with E-state index in [1.807, 2.05) is 12.1 Å². The van der Waals surface area contributed by atoms with Crippen molar-refractivity contribution in [3.05, 3.63) is 59.2 Å². The number of methoxy groups -OCH3 is 1. The Morgan fingerprint density at radius 3 is 2.50 bits per heavy atom. The van der Waals surface area contributed by atoms with Crippen LogP contribution in [0, 0.1) is 0 Å². The van der Waals surface area contributed by atoms with E-state index in [0.29, 0.717) is 54.7 Å². The standard InChI is InChI=1S/C25H26N2O7/c1-31-18-5-2-16(3-6-18)22-21(23(28)17-4-7-19-20(14-17)34-15-33-19)24(29)25(30)27(22)9-8-26-10-12-32-13-11-26/h2-7,14,22,28H,8-13,15H2,1H3. The molecule has 1 unspecified atom stereocenters. The minimum atomic E-state index is -0.725. The zero-order chi connectivity index (χ0) is 23.7. The summed E-state index contributed by atoms with van der Waals surface area (Å²) in [5, 5.41) is 11.2. The topological polar surface area (TPSA) is 97.8 Å². The predicted molar refractivity (Wildman–Crippen MR) is 122 cm³/mol. The number of aliphatic hydroxyl groups excluding tert-OH is 1. The summed E-state index contributed by atoms with van der Waals surface area (Å²) >= 11 is 0. The summed E-state index contributed by atoms with van der Waals surface area (Å²) < 4.78 is 21.4. The van der Waals surface area contributed by atoms with Crippen LogP contribution >= 0.6 is 0 Å². The van der Waals surface area contributed by atoms with Crippen LogP contribution in [0.2, 0.25) is 0 Å². The molecule has 1 amide bonds. The van der Waals surface area contributed by atoms with Crippen LogP contribution in [0.1, 0.15) is 17.2 Å². The highest BCUT2D eigenvalue weighted by Gasteiger charge is 2.46. The normalized spacial score (nSPS) is 21.8. The molecule has 3 aliphatic heterocycles. The second-order valence-electron chi connectivity index (χ2n) is 8.29. The smallest absolute Gasteiger partial charge is 0.295 e. The van der Waals surface area contributed by atoms with Gasteiger partial charge in [-0.2, -0.15) is 0 Å². The van der Waals surface area contributed by atoms with Gasteiger partial charge in [0, 0.05) is 31.7 Å². The fourth-order valence-corrected chi connectivity index (χ4v) is 4.52. The number of benzene rings is 2. The van der Waals surface area contributed by atoms with Gasteiger partial charge in [0.25, 0.3) is 11.7 Å². The monoisotopic (exact) mass is 466 g/mol. The number of carbonyl (C=O) groups excluding carboxylic acids is 2. The molecule has 2 fully saturated rings. The van der Waals surface area contributed by atoms with Crippen molar-refractivity contribution in [1.82, 2.24) is 9.80 Å². The van der Waals surface area contributed by atoms with Crippen LogP contribution in [0.15, 0.2) is 48.0 Å². The van der Waals surface area contributed by atoms with Crippen molar-refractivity contribution in [2.75, 3.05) is 53.3 Å². The van der Waals surface area contributed by atoms with Crippen LogP contribution in [0.4, 0.5) is 0 Å². The zero-order valence-electron chi connectivity index (χ0n) is 18.9. The van der Waals surface area contributed by atoms with Crippen molar-refractivity contribution < 1.29 is 33.6 Å². The Kier molecular flexibility index (Phi) is 6.12. The third-order valence-electron chi connectivity index (χ3n) is 6.38. The van der Waals surface area contributed by atoms with Gasteiger partial charge in [-0.15, -0.1) is 0 Å². The number of fused-ring (bicyclic) bond motifs is 1. The molecule has 0 radical (unpaired) electrons. The molecule has 178 valence electrons. The van der Waals surface area contributed by atoms with Gasteiger partial charge in [-0.05, 0) is 35.9 Å². The average molecular weight is 466 g/mol. The van der Waals surface area contributed by atoms with Crippen LogP contribution in [0.3, 0.4) is 0 Å². The minimum Gasteiger partial charge on any atom is -0.507 e. The number of ether oxygens (including phenoxy) is 4. The lowest BCUT2D eigenvalue weighted by Crippen LogP contribution is -2.42. The highest BCUT2D eigenvalue weighted by molar-refractivity contribution is 6.46. The van der Waals surface area contributed by atoms with Crippen LogP contribution in [-0.2, 0) is 14.3 Å². The summed E-state index contributed by atoms with van der Waals surface area (Å²) in [6, 6.07) is 11.4. The lowest BCUT2D eigenvalue weighted by atomic mass is 9.95. The van der Waals surface area contributed by atoms with E-state index >= 15 is 0 Å². The molecule has 1 N–H and O–H groups in total. The molecule has 0 spiro atoms. The molecule has 0 saturated carbocycles. The maximum absolute atomic E-state index is 13.2. The van der Waals surface area contributed by atoms with Crippen molar-refractivity contribution >= 4 is 17.4 Å². The fraction of sp³-hybridized carbons (Fsp3) is 0.360. The number of rotatable bonds is 6. The second-order valence-corrected chi connectivity index (χ2v) is 8.29. The van der Waals surface area contributed by atoms with Crippen molar-refractivity contribution in [2.45, 2.75) is 6.04 Å². The van der Waals surface area contributed by atoms with Gasteiger partial charge in [0.2, 0.25) is 6.79 Å². The van der Waals surface area contributed by atoms with E-state index in [2.05, 4.69) is 4.90 Å². The van der Waals surface area contributed by atoms with E-state index < -0.39 is 17.7 Å². The highest BCUT2D eigenvalue weighted by Crippen LogP contribution is 2.41. The third kappa shape index (κ3) is 4.08. The van der Waals surface area contributed by atoms with E-state index in [0.717, 1.165) is 13.1 Å². The summed E-state index contributed by atoms with van der Waals surface area (Å²) in [7, 11) is 1.57. The van der Waals surface area contributed by atoms with Gasteiger partial charge >= 0.3 is 0 Å². The van der Waals surface area contributed by atoms with Crippen LogP contribution < -0.4 is 14.2 Å². The molecule has 0 bridgehead atoms. The van der Waals surface area contributed by atoms with E-state index in [1.165, 1.54) is 4.90 Å². The maximum atomic E-state index is 13.2. The van der Waals surface area contributed by atoms with Crippen LogP contribution in [0.25, 0.3) is 5.76 Å². The molecule has 9 nitrogen and oxygen atoms in total. The minimum absolute atomic E-state index is 0.0519. The van der Waals surface area contributed by atoms with E-state index in [-0.39, 0.29) is 18.1 Å². The molecule has 0 aromatic heterocycles. The van der Waals surface area contributed by atoms with Crippen molar-refractivity contribution in [1.29, 1.82) is 0 Å².